The third-order valence-corrected chi connectivity index (χ3v) is 4.64. The molecule has 0 aromatic rings. The molecule has 0 radical (unpaired) electrons. The molecule has 0 bridgehead atoms. The molecule has 0 spiro atoms. The van der Waals surface area contributed by atoms with Crippen LogP contribution in [-0.2, 0) is 28.8 Å². The highest BCUT2D eigenvalue weighted by Crippen LogP contribution is 2.19. The lowest BCUT2D eigenvalue weighted by Gasteiger charge is -2.19. The minimum atomic E-state index is -1.01. The Labute approximate surface area is 163 Å². The number of hydrogen-bond acceptors (Lipinski definition) is 7. The van der Waals surface area contributed by atoms with Gasteiger partial charge in [-0.25, -0.2) is 0 Å². The lowest BCUT2D eigenvalue weighted by molar-refractivity contribution is -0.191. The van der Waals surface area contributed by atoms with Gasteiger partial charge in [0.1, 0.15) is 5.78 Å². The van der Waals surface area contributed by atoms with E-state index < -0.39 is 17.9 Å². The molecule has 0 aliphatic rings. The molecule has 154 valence electrons. The Morgan fingerprint density at radius 2 is 1.48 bits per heavy atom. The monoisotopic (exact) mass is 403 g/mol. The Kier molecular flexibility index (Phi) is 15.2. The molecule has 1 unspecified atom stereocenters. The zero-order valence-corrected chi connectivity index (χ0v) is 17.3. The Morgan fingerprint density at radius 3 is 1.89 bits per heavy atom. The molecule has 27 heavy (non-hydrogen) atoms. The van der Waals surface area contributed by atoms with E-state index in [-0.39, 0.29) is 54.6 Å². The molecule has 2 atom stereocenters. The molecule has 0 aromatic heterocycles. The summed E-state index contributed by atoms with van der Waals surface area (Å²) in [7, 11) is 0. The smallest absolute Gasteiger partial charge is 0.373 e. The van der Waals surface area contributed by atoms with Gasteiger partial charge in [-0.3, -0.25) is 19.2 Å². The number of amides is 1. The maximum Gasteiger partial charge on any atom is 0.373 e. The minimum Gasteiger partial charge on any atom is -0.481 e. The van der Waals surface area contributed by atoms with Crippen molar-refractivity contribution < 1.29 is 33.9 Å². The first kappa shape index (κ1) is 27.2. The van der Waals surface area contributed by atoms with Crippen molar-refractivity contribution in [3.8, 4) is 0 Å². The van der Waals surface area contributed by atoms with E-state index in [2.05, 4.69) is 5.32 Å². The second-order valence-electron chi connectivity index (χ2n) is 6.49. The summed E-state index contributed by atoms with van der Waals surface area (Å²) in [5.74, 6) is -1.90. The van der Waals surface area contributed by atoms with Crippen molar-refractivity contribution in [3.63, 3.8) is 0 Å². The van der Waals surface area contributed by atoms with Crippen molar-refractivity contribution in [2.45, 2.75) is 76.8 Å². The highest BCUT2D eigenvalue weighted by Gasteiger charge is 2.24. The second-order valence-corrected chi connectivity index (χ2v) is 8.41. The minimum absolute atomic E-state index is 0.00104. The van der Waals surface area contributed by atoms with Gasteiger partial charge in [-0.05, 0) is 18.6 Å². The SMILES string of the molecule is CC(C)SC(C)C(=O)CCC(=O)N[C@@H](CCC(=O)O)C(=O)C(C)C.O=C=O. The number of carbonyl (C=O) groups excluding carboxylic acids is 5. The normalized spacial score (nSPS) is 12.4. The van der Waals surface area contributed by atoms with Crippen molar-refractivity contribution in [1.82, 2.24) is 5.32 Å². The lowest BCUT2D eigenvalue weighted by Crippen LogP contribution is -2.43. The first-order chi connectivity index (χ1) is 12.5. The van der Waals surface area contributed by atoms with Crippen molar-refractivity contribution in [3.05, 3.63) is 0 Å². The molecule has 0 rings (SSSR count). The number of thioether (sulfide) groups is 1. The van der Waals surface area contributed by atoms with Crippen LogP contribution < -0.4 is 5.32 Å². The largest absolute Gasteiger partial charge is 0.481 e. The zero-order chi connectivity index (χ0) is 21.6. The molecule has 0 fully saturated rings. The number of Topliss-reactive ketones (excluding diaryl/α,β-unsaturated/α-hetero) is 2. The molecule has 2 N–H and O–H groups in total. The van der Waals surface area contributed by atoms with E-state index in [4.69, 9.17) is 14.7 Å². The van der Waals surface area contributed by atoms with Gasteiger partial charge in [-0.2, -0.15) is 9.59 Å². The molecular weight excluding hydrogens is 374 g/mol. The van der Waals surface area contributed by atoms with Crippen LogP contribution in [0.1, 0.15) is 60.3 Å². The van der Waals surface area contributed by atoms with Crippen LogP contribution in [0.3, 0.4) is 0 Å². The predicted octanol–water partition coefficient (Wildman–Crippen LogP) is 1.86. The fourth-order valence-corrected chi connectivity index (χ4v) is 3.23. The van der Waals surface area contributed by atoms with Gasteiger partial charge in [-0.15, -0.1) is 11.8 Å². The molecule has 0 aliphatic heterocycles. The summed E-state index contributed by atoms with van der Waals surface area (Å²) in [4.78, 5) is 63.0. The summed E-state index contributed by atoms with van der Waals surface area (Å²) >= 11 is 1.55. The summed E-state index contributed by atoms with van der Waals surface area (Å²) in [5, 5.41) is 11.5. The van der Waals surface area contributed by atoms with Gasteiger partial charge in [0.15, 0.2) is 5.78 Å². The third-order valence-electron chi connectivity index (χ3n) is 3.42. The molecule has 0 saturated heterocycles. The van der Waals surface area contributed by atoms with Crippen LogP contribution in [0, 0.1) is 5.92 Å². The first-order valence-corrected chi connectivity index (χ1v) is 9.62. The third kappa shape index (κ3) is 14.8. The van der Waals surface area contributed by atoms with E-state index in [1.54, 1.807) is 25.6 Å². The first-order valence-electron chi connectivity index (χ1n) is 8.68. The van der Waals surface area contributed by atoms with Crippen molar-refractivity contribution in [1.29, 1.82) is 0 Å². The lowest BCUT2D eigenvalue weighted by atomic mass is 9.97. The van der Waals surface area contributed by atoms with E-state index in [0.717, 1.165) is 0 Å². The predicted molar refractivity (Wildman–Crippen MR) is 100 cm³/mol. The molecular formula is C18H29NO7S. The van der Waals surface area contributed by atoms with E-state index in [1.807, 2.05) is 20.8 Å². The molecule has 0 aliphatic carbocycles. The van der Waals surface area contributed by atoms with Gasteiger partial charge < -0.3 is 10.4 Å². The number of carboxylic acids is 1. The highest BCUT2D eigenvalue weighted by atomic mass is 32.2. The fraction of sp³-hybridized carbons (Fsp3) is 0.722. The molecule has 9 heteroatoms. The van der Waals surface area contributed by atoms with Gasteiger partial charge in [0.25, 0.3) is 0 Å². The highest BCUT2D eigenvalue weighted by molar-refractivity contribution is 8.01. The summed E-state index contributed by atoms with van der Waals surface area (Å²) in [5.41, 5.74) is 0. The topological polar surface area (TPSA) is 135 Å². The average Bonchev–Trinajstić information content (AvgIpc) is 2.55. The summed E-state index contributed by atoms with van der Waals surface area (Å²) in [6, 6.07) is -0.814. The van der Waals surface area contributed by atoms with E-state index >= 15 is 0 Å². The van der Waals surface area contributed by atoms with Crippen LogP contribution in [0.4, 0.5) is 0 Å². The second kappa shape index (κ2) is 15.1. The molecule has 8 nitrogen and oxygen atoms in total. The van der Waals surface area contributed by atoms with Crippen LogP contribution in [0.5, 0.6) is 0 Å². The van der Waals surface area contributed by atoms with Gasteiger partial charge in [0.2, 0.25) is 5.91 Å². The maximum absolute atomic E-state index is 12.1. The van der Waals surface area contributed by atoms with E-state index in [0.29, 0.717) is 5.25 Å². The Balaban J connectivity index is 0. The fourth-order valence-electron chi connectivity index (χ4n) is 2.15. The zero-order valence-electron chi connectivity index (χ0n) is 16.4. The average molecular weight is 403 g/mol. The Morgan fingerprint density at radius 1 is 0.963 bits per heavy atom. The Bertz CT molecular complexity index is 540. The number of carboxylic acid groups (broad SMARTS) is 1. The molecule has 1 amide bonds. The number of nitrogens with one attached hydrogen (secondary N) is 1. The van der Waals surface area contributed by atoms with Crippen molar-refractivity contribution >= 4 is 41.4 Å². The van der Waals surface area contributed by atoms with Crippen LogP contribution >= 0.6 is 11.8 Å². The number of rotatable bonds is 12. The van der Waals surface area contributed by atoms with Crippen LogP contribution in [0.2, 0.25) is 0 Å². The summed E-state index contributed by atoms with van der Waals surface area (Å²) in [6.45, 7) is 9.24. The molecule has 0 heterocycles. The van der Waals surface area contributed by atoms with E-state index in [9.17, 15) is 19.2 Å². The number of ketones is 2. The quantitative estimate of drug-likeness (QED) is 0.504. The standard InChI is InChI=1S/C17H29NO5S.CO2/c1-10(2)17(23)13(6-9-16(21)22)18-15(20)8-7-14(19)12(5)24-11(3)4;2-1-3/h10-13H,6-9H2,1-5H3,(H,18,20)(H,21,22);/t12?,13-;/m0./s1. The van der Waals surface area contributed by atoms with Crippen LogP contribution in [0.15, 0.2) is 0 Å². The van der Waals surface area contributed by atoms with Crippen LogP contribution in [0.25, 0.3) is 0 Å². The Hall–Kier alpha value is -1.99. The van der Waals surface area contributed by atoms with Gasteiger partial charge in [0.05, 0.1) is 11.3 Å². The van der Waals surface area contributed by atoms with Crippen molar-refractivity contribution in [2.75, 3.05) is 0 Å². The molecule has 0 aromatic carbocycles. The summed E-state index contributed by atoms with van der Waals surface area (Å²) in [6.07, 6.45) is 0.251. The van der Waals surface area contributed by atoms with Gasteiger partial charge in [-0.1, -0.05) is 27.7 Å². The number of hydrogen-bond donors (Lipinski definition) is 2. The number of carbonyl (C=O) groups is 4. The van der Waals surface area contributed by atoms with Gasteiger partial charge >= 0.3 is 12.1 Å². The van der Waals surface area contributed by atoms with Crippen molar-refractivity contribution in [2.24, 2.45) is 5.92 Å². The summed E-state index contributed by atoms with van der Waals surface area (Å²) < 4.78 is 0. The van der Waals surface area contributed by atoms with Crippen LogP contribution in [-0.4, -0.2) is 51.2 Å². The molecule has 0 saturated carbocycles. The maximum atomic E-state index is 12.1. The van der Waals surface area contributed by atoms with E-state index in [1.165, 1.54) is 0 Å². The van der Waals surface area contributed by atoms with Gasteiger partial charge in [0, 0.05) is 25.2 Å². The number of aliphatic carboxylic acids is 1.